The van der Waals surface area contributed by atoms with Gasteiger partial charge in [0.25, 0.3) is 7.94 Å². The van der Waals surface area contributed by atoms with Crippen molar-refractivity contribution >= 4 is 31.8 Å². The van der Waals surface area contributed by atoms with Crippen LogP contribution in [0, 0.1) is 0 Å². The zero-order chi connectivity index (χ0) is 25.2. The molecule has 0 heterocycles. The fraction of sp³-hybridized carbons (Fsp3) is 0.200. The number of nitrogens with one attached hydrogen (secondary N) is 1. The molecular weight excluding hydrogens is 484 g/mol. The first kappa shape index (κ1) is 26.6. The van der Waals surface area contributed by atoms with E-state index in [9.17, 15) is 4.89 Å². The van der Waals surface area contributed by atoms with Crippen LogP contribution in [0.5, 0.6) is 0 Å². The van der Waals surface area contributed by atoms with E-state index < -0.39 is 21.6 Å². The molecule has 0 aliphatic rings. The minimum absolute atomic E-state index is 0.301. The summed E-state index contributed by atoms with van der Waals surface area (Å²) in [7, 11) is -4.44. The van der Waals surface area contributed by atoms with Crippen molar-refractivity contribution in [3.63, 3.8) is 0 Å². The van der Waals surface area contributed by atoms with Crippen molar-refractivity contribution in [2.24, 2.45) is 0 Å². The Balaban J connectivity index is 1.85. The Morgan fingerprint density at radius 1 is 0.694 bits per heavy atom. The van der Waals surface area contributed by atoms with Crippen LogP contribution >= 0.6 is 15.9 Å². The van der Waals surface area contributed by atoms with Crippen molar-refractivity contribution in [2.45, 2.75) is 26.2 Å². The predicted molar refractivity (Wildman–Crippen MR) is 151 cm³/mol. The number of hydrogen-bond donors (Lipinski definition) is 1. The summed E-state index contributed by atoms with van der Waals surface area (Å²) in [6.45, 7) is 4.85. The van der Waals surface area contributed by atoms with Gasteiger partial charge < -0.3 is 4.89 Å². The quantitative estimate of drug-likeness (QED) is 0.255. The van der Waals surface area contributed by atoms with Crippen molar-refractivity contribution < 1.29 is 13.9 Å². The Kier molecular flexibility index (Phi) is 9.78. The third-order valence-corrected chi connectivity index (χ3v) is 10.6. The molecular formula is C30H33NO3P2. The van der Waals surface area contributed by atoms with Gasteiger partial charge in [-0.1, -0.05) is 115 Å². The van der Waals surface area contributed by atoms with Crippen molar-refractivity contribution in [1.29, 1.82) is 0 Å². The van der Waals surface area contributed by atoms with Crippen molar-refractivity contribution in [3.05, 3.63) is 126 Å². The molecule has 0 radical (unpaired) electrons. The first-order valence-electron chi connectivity index (χ1n) is 12.3. The fourth-order valence-corrected chi connectivity index (χ4v) is 8.82. The van der Waals surface area contributed by atoms with E-state index in [0.29, 0.717) is 19.8 Å². The first-order chi connectivity index (χ1) is 17.7. The molecule has 4 aromatic carbocycles. The standard InChI is InChI=1S/C30H33NO3P2/c1-3-33-36(32,34-4-2)30(31-24-25-16-8-5-9-17-25)28-22-14-15-23-29(28)35(26-18-10-6-11-19-26)27-20-12-7-13-21-27/h5-23,30-31H,3-4,24H2,1-2H3. The minimum Gasteiger partial charge on any atom is -0.630 e. The smallest absolute Gasteiger partial charge is 0.259 e. The third-order valence-electron chi connectivity index (χ3n) is 5.78. The molecule has 0 spiro atoms. The molecule has 0 aliphatic heterocycles. The lowest BCUT2D eigenvalue weighted by Gasteiger charge is -2.36. The lowest BCUT2D eigenvalue weighted by Crippen LogP contribution is -2.35. The lowest BCUT2D eigenvalue weighted by molar-refractivity contribution is -0.222. The van der Waals surface area contributed by atoms with E-state index in [4.69, 9.17) is 9.05 Å². The summed E-state index contributed by atoms with van der Waals surface area (Å²) >= 11 is 0. The predicted octanol–water partition coefficient (Wildman–Crippen LogP) is 5.43. The van der Waals surface area contributed by atoms with E-state index in [2.05, 4.69) is 84.2 Å². The second-order valence-corrected chi connectivity index (χ2v) is 12.5. The second kappa shape index (κ2) is 13.2. The van der Waals surface area contributed by atoms with Crippen LogP contribution in [0.25, 0.3) is 0 Å². The highest BCUT2D eigenvalue weighted by atomic mass is 31.2. The van der Waals surface area contributed by atoms with Gasteiger partial charge in [0.2, 0.25) is 0 Å². The zero-order valence-corrected chi connectivity index (χ0v) is 22.6. The van der Waals surface area contributed by atoms with E-state index in [1.165, 1.54) is 10.6 Å². The molecule has 0 bridgehead atoms. The molecule has 1 unspecified atom stereocenters. The molecule has 0 fully saturated rings. The Bertz CT molecular complexity index is 1150. The molecule has 0 saturated heterocycles. The van der Waals surface area contributed by atoms with Crippen LogP contribution in [0.3, 0.4) is 0 Å². The van der Waals surface area contributed by atoms with Crippen LogP contribution < -0.4 is 26.1 Å². The first-order valence-corrected chi connectivity index (χ1v) is 15.3. The number of benzene rings is 4. The Morgan fingerprint density at radius 2 is 1.17 bits per heavy atom. The maximum atomic E-state index is 14.3. The summed E-state index contributed by atoms with van der Waals surface area (Å²) in [6, 6.07) is 39.5. The van der Waals surface area contributed by atoms with Crippen LogP contribution in [0.1, 0.15) is 30.8 Å². The van der Waals surface area contributed by atoms with Crippen molar-refractivity contribution in [2.75, 3.05) is 13.2 Å². The molecule has 1 N–H and O–H groups in total. The minimum atomic E-state index is -3.54. The molecule has 0 amide bonds. The van der Waals surface area contributed by atoms with Gasteiger partial charge in [0, 0.05) is 12.1 Å². The summed E-state index contributed by atoms with van der Waals surface area (Å²) in [4.78, 5) is 14.3. The fourth-order valence-electron chi connectivity index (χ4n) is 4.25. The molecule has 6 heteroatoms. The summed E-state index contributed by atoms with van der Waals surface area (Å²) in [5.41, 5.74) is 2.05. The SMILES string of the molecule is CCO[P+]([O-])(OCC)C(NCc1ccccc1)c1ccccc1P(c1ccccc1)c1ccccc1. The average molecular weight is 518 g/mol. The monoisotopic (exact) mass is 517 g/mol. The van der Waals surface area contributed by atoms with Gasteiger partial charge in [-0.3, -0.25) is 5.32 Å². The van der Waals surface area contributed by atoms with Crippen molar-refractivity contribution in [1.82, 2.24) is 5.32 Å². The summed E-state index contributed by atoms with van der Waals surface area (Å²) < 4.78 is 11.8. The molecule has 4 aromatic rings. The maximum absolute atomic E-state index is 14.3. The molecule has 0 saturated carbocycles. The number of rotatable bonds is 12. The van der Waals surface area contributed by atoms with Gasteiger partial charge in [-0.15, -0.1) is 0 Å². The van der Waals surface area contributed by atoms with Gasteiger partial charge in [0.15, 0.2) is 5.78 Å². The highest BCUT2D eigenvalue weighted by Crippen LogP contribution is 2.63. The van der Waals surface area contributed by atoms with E-state index >= 15 is 0 Å². The van der Waals surface area contributed by atoms with E-state index in [0.717, 1.165) is 16.4 Å². The van der Waals surface area contributed by atoms with E-state index in [1.807, 2.05) is 50.2 Å². The van der Waals surface area contributed by atoms with Crippen LogP contribution in [0.2, 0.25) is 0 Å². The Morgan fingerprint density at radius 3 is 1.69 bits per heavy atom. The largest absolute Gasteiger partial charge is 0.630 e. The molecule has 1 atom stereocenters. The summed E-state index contributed by atoms with van der Waals surface area (Å²) in [5.74, 6) is -0.619. The second-order valence-electron chi connectivity index (χ2n) is 8.21. The zero-order valence-electron chi connectivity index (χ0n) is 20.8. The van der Waals surface area contributed by atoms with Gasteiger partial charge in [0.05, 0.1) is 13.2 Å². The van der Waals surface area contributed by atoms with E-state index in [1.54, 1.807) is 0 Å². The highest BCUT2D eigenvalue weighted by Gasteiger charge is 2.43. The molecule has 0 aromatic heterocycles. The van der Waals surface area contributed by atoms with Crippen LogP contribution in [0.15, 0.2) is 115 Å². The van der Waals surface area contributed by atoms with Gasteiger partial charge >= 0.3 is 0 Å². The molecule has 4 nitrogen and oxygen atoms in total. The summed E-state index contributed by atoms with van der Waals surface area (Å²) in [6.07, 6.45) is 0. The topological polar surface area (TPSA) is 53.5 Å². The maximum Gasteiger partial charge on any atom is 0.259 e. The van der Waals surface area contributed by atoms with Gasteiger partial charge in [0.1, 0.15) is 0 Å². The Hall–Kier alpha value is -2.42. The molecule has 36 heavy (non-hydrogen) atoms. The molecule has 0 aliphatic carbocycles. The van der Waals surface area contributed by atoms with Gasteiger partial charge in [-0.05, 0) is 43.2 Å². The van der Waals surface area contributed by atoms with E-state index in [-0.39, 0.29) is 0 Å². The van der Waals surface area contributed by atoms with Gasteiger partial charge in [-0.25, -0.2) is 9.05 Å². The normalized spacial score (nSPS) is 12.6. The van der Waals surface area contributed by atoms with Crippen molar-refractivity contribution in [3.8, 4) is 0 Å². The number of hydrogen-bond acceptors (Lipinski definition) is 4. The molecule has 4 rings (SSSR count). The average Bonchev–Trinajstić information content (AvgIpc) is 2.92. The highest BCUT2D eigenvalue weighted by molar-refractivity contribution is 7.80. The lowest BCUT2D eigenvalue weighted by atomic mass is 10.2. The van der Waals surface area contributed by atoms with Gasteiger partial charge in [-0.2, -0.15) is 0 Å². The Labute approximate surface area is 216 Å². The van der Waals surface area contributed by atoms with Crippen LogP contribution in [-0.2, 0) is 15.6 Å². The van der Waals surface area contributed by atoms with Crippen LogP contribution in [-0.4, -0.2) is 13.2 Å². The van der Waals surface area contributed by atoms with Crippen LogP contribution in [0.4, 0.5) is 0 Å². The molecule has 186 valence electrons. The third kappa shape index (κ3) is 6.47. The summed E-state index contributed by atoms with van der Waals surface area (Å²) in [5, 5.41) is 7.16.